The highest BCUT2D eigenvalue weighted by Crippen LogP contribution is 2.49. The van der Waals surface area contributed by atoms with Gasteiger partial charge in [-0.05, 0) is 68.3 Å². The number of aromatic nitrogens is 2. The number of nitrogens with one attached hydrogen (secondary N) is 2. The van der Waals surface area contributed by atoms with Gasteiger partial charge >= 0.3 is 0 Å². The van der Waals surface area contributed by atoms with E-state index in [9.17, 15) is 4.39 Å². The van der Waals surface area contributed by atoms with Gasteiger partial charge in [0.2, 0.25) is 5.82 Å². The molecular weight excluding hydrogens is 489 g/mol. The van der Waals surface area contributed by atoms with Crippen LogP contribution in [0.5, 0.6) is 0 Å². The van der Waals surface area contributed by atoms with E-state index in [1.807, 2.05) is 18.5 Å². The number of nitrogens with two attached hydrogens (primary N) is 1. The Hall–Kier alpha value is -2.42. The summed E-state index contributed by atoms with van der Waals surface area (Å²) in [5.41, 5.74) is 8.75. The van der Waals surface area contributed by atoms with Gasteiger partial charge in [-0.25, -0.2) is 13.9 Å². The maximum absolute atomic E-state index is 14.3. The van der Waals surface area contributed by atoms with Gasteiger partial charge in [0.15, 0.2) is 0 Å². The monoisotopic (exact) mass is 526 g/mol. The zero-order valence-corrected chi connectivity index (χ0v) is 22.2. The first-order chi connectivity index (χ1) is 18.0. The normalized spacial score (nSPS) is 27.6. The van der Waals surface area contributed by atoms with Crippen molar-refractivity contribution in [2.45, 2.75) is 69.0 Å². The summed E-state index contributed by atoms with van der Waals surface area (Å²) >= 11 is 5.99. The topological polar surface area (TPSA) is 79.1 Å². The second-order valence-electron chi connectivity index (χ2n) is 11.3. The molecule has 3 fully saturated rings. The molecular formula is C28H38ClFN7+. The average Bonchev–Trinajstić information content (AvgIpc) is 3.58. The zero-order valence-electron chi connectivity index (χ0n) is 21.4. The van der Waals surface area contributed by atoms with Crippen LogP contribution in [0.25, 0.3) is 0 Å². The maximum atomic E-state index is 14.3. The zero-order chi connectivity index (χ0) is 25.5. The number of benzene rings is 1. The summed E-state index contributed by atoms with van der Waals surface area (Å²) in [5, 5.41) is 7.72. The third kappa shape index (κ3) is 4.37. The molecule has 0 amide bonds. The summed E-state index contributed by atoms with van der Waals surface area (Å²) < 4.78 is 15.0. The highest BCUT2D eigenvalue weighted by Gasteiger charge is 2.57. The van der Waals surface area contributed by atoms with Gasteiger partial charge in [0.25, 0.3) is 5.79 Å². The molecule has 9 heteroatoms. The van der Waals surface area contributed by atoms with E-state index in [-0.39, 0.29) is 16.8 Å². The van der Waals surface area contributed by atoms with Crippen LogP contribution in [-0.4, -0.2) is 53.4 Å². The molecule has 7 nitrogen and oxygen atoms in total. The molecule has 0 radical (unpaired) electrons. The fourth-order valence-corrected chi connectivity index (χ4v) is 7.16. The summed E-state index contributed by atoms with van der Waals surface area (Å²) in [6, 6.07) is 5.28. The van der Waals surface area contributed by atoms with Gasteiger partial charge in [0.1, 0.15) is 18.0 Å². The molecule has 1 saturated carbocycles. The van der Waals surface area contributed by atoms with E-state index in [2.05, 4.69) is 20.5 Å². The second-order valence-corrected chi connectivity index (χ2v) is 11.7. The fourth-order valence-electron chi connectivity index (χ4n) is 7.04. The number of likely N-dealkylation sites (tertiary alicyclic amines) is 2. The number of quaternary nitrogens is 1. The van der Waals surface area contributed by atoms with Crippen molar-refractivity contribution < 1.29 is 4.39 Å². The summed E-state index contributed by atoms with van der Waals surface area (Å²) in [6.45, 7) is 5.09. The highest BCUT2D eigenvalue weighted by atomic mass is 35.5. The van der Waals surface area contributed by atoms with Crippen LogP contribution in [0.15, 0.2) is 36.9 Å². The molecule has 37 heavy (non-hydrogen) atoms. The number of nitrogen functional groups attached to an aromatic ring is 1. The number of hydrogen-bond acceptors (Lipinski definition) is 6. The number of hydrogen-bond donors (Lipinski definition) is 3. The summed E-state index contributed by atoms with van der Waals surface area (Å²) in [6.07, 6.45) is 14.6. The Morgan fingerprint density at radius 3 is 2.41 bits per heavy atom. The fraction of sp³-hybridized carbons (Fsp3) is 0.571. The Morgan fingerprint density at radius 2 is 1.76 bits per heavy atom. The van der Waals surface area contributed by atoms with Crippen molar-refractivity contribution in [3.05, 3.63) is 58.9 Å². The van der Waals surface area contributed by atoms with Crippen molar-refractivity contribution in [1.82, 2.24) is 30.0 Å². The molecule has 198 valence electrons. The molecule has 4 heterocycles. The van der Waals surface area contributed by atoms with E-state index in [1.54, 1.807) is 18.5 Å². The van der Waals surface area contributed by atoms with E-state index in [0.29, 0.717) is 16.2 Å². The number of anilines is 1. The first-order valence-corrected chi connectivity index (χ1v) is 14.2. The van der Waals surface area contributed by atoms with Gasteiger partial charge in [-0.3, -0.25) is 0 Å². The van der Waals surface area contributed by atoms with Crippen LogP contribution >= 0.6 is 11.6 Å². The lowest BCUT2D eigenvalue weighted by atomic mass is 9.79. The molecule has 1 aliphatic carbocycles. The van der Waals surface area contributed by atoms with Crippen molar-refractivity contribution in [3.63, 3.8) is 0 Å². The van der Waals surface area contributed by atoms with E-state index < -0.39 is 5.79 Å². The van der Waals surface area contributed by atoms with Crippen molar-refractivity contribution in [2.75, 3.05) is 38.5 Å². The lowest BCUT2D eigenvalue weighted by molar-refractivity contribution is 0.0206. The highest BCUT2D eigenvalue weighted by molar-refractivity contribution is 6.30. The molecule has 4 N–H and O–H groups in total. The molecule has 4 aliphatic rings. The number of halogens is 2. The quantitative estimate of drug-likeness (QED) is 0.449. The predicted octanol–water partition coefficient (Wildman–Crippen LogP) is 4.81. The first kappa shape index (κ1) is 24.9. The largest absolute Gasteiger partial charge is 0.383 e. The smallest absolute Gasteiger partial charge is 0.257 e. The van der Waals surface area contributed by atoms with Gasteiger partial charge in [-0.1, -0.05) is 24.1 Å². The molecule has 2 saturated heterocycles. The molecule has 6 rings (SSSR count). The Bertz CT molecular complexity index is 1150. The van der Waals surface area contributed by atoms with Crippen molar-refractivity contribution in [3.8, 4) is 0 Å². The molecule has 1 aromatic carbocycles. The van der Waals surface area contributed by atoms with Crippen LogP contribution in [0.4, 0.5) is 16.0 Å². The Morgan fingerprint density at radius 1 is 1.03 bits per heavy atom. The van der Waals surface area contributed by atoms with Crippen molar-refractivity contribution in [2.24, 2.45) is 0 Å². The van der Waals surface area contributed by atoms with Crippen LogP contribution in [0.2, 0.25) is 5.02 Å². The van der Waals surface area contributed by atoms with Gasteiger partial charge in [0, 0.05) is 31.8 Å². The minimum absolute atomic E-state index is 0.178. The molecule has 1 aromatic heterocycles. The predicted molar refractivity (Wildman–Crippen MR) is 146 cm³/mol. The van der Waals surface area contributed by atoms with Gasteiger partial charge in [-0.15, -0.1) is 0 Å². The van der Waals surface area contributed by atoms with Crippen LogP contribution in [0.3, 0.4) is 0 Å². The van der Waals surface area contributed by atoms with Gasteiger partial charge < -0.3 is 21.3 Å². The summed E-state index contributed by atoms with van der Waals surface area (Å²) in [4.78, 5) is 12.0. The lowest BCUT2D eigenvalue weighted by Gasteiger charge is -2.54. The van der Waals surface area contributed by atoms with Crippen LogP contribution in [0, 0.1) is 5.82 Å². The van der Waals surface area contributed by atoms with Crippen molar-refractivity contribution in [1.29, 1.82) is 0 Å². The van der Waals surface area contributed by atoms with Crippen LogP contribution < -0.4 is 20.9 Å². The summed E-state index contributed by atoms with van der Waals surface area (Å²) in [7, 11) is 0. The van der Waals surface area contributed by atoms with Gasteiger partial charge in [-0.2, -0.15) is 4.98 Å². The molecule has 0 unspecified atom stereocenters. The van der Waals surface area contributed by atoms with Crippen LogP contribution in [-0.2, 0) is 0 Å². The van der Waals surface area contributed by atoms with Crippen molar-refractivity contribution >= 4 is 23.2 Å². The van der Waals surface area contributed by atoms with E-state index in [0.717, 1.165) is 68.7 Å². The third-order valence-corrected chi connectivity index (χ3v) is 9.70. The first-order valence-electron chi connectivity index (χ1n) is 13.9. The lowest BCUT2D eigenvalue weighted by Crippen LogP contribution is -2.78. The molecule has 3 aliphatic heterocycles. The average molecular weight is 527 g/mol. The Kier molecular flexibility index (Phi) is 6.75. The third-order valence-electron chi connectivity index (χ3n) is 9.39. The number of rotatable bonds is 7. The minimum Gasteiger partial charge on any atom is -0.383 e. The number of nitrogens with zero attached hydrogens (tertiary/aromatic N) is 4. The SMILES string of the molecule is Nc1ncnc([N+]2(C3(CCN4CCCC4)NC=CN3)CCC(c3ccc(Cl)c(F)c3)CC2)c1C1CCC1. The second kappa shape index (κ2) is 10.0. The molecule has 0 bridgehead atoms. The minimum atomic E-state index is -0.419. The van der Waals surface area contributed by atoms with E-state index >= 15 is 0 Å². The van der Waals surface area contributed by atoms with E-state index in [1.165, 1.54) is 32.4 Å². The number of piperidine rings is 1. The standard InChI is InChI=1S/C28H38ClFN7/c29-23-7-6-22(18-24(23)30)20-8-16-37(17-9-20,27-25(21-4-3-5-21)26(31)32-19-33-27)28(34-11-12-35-28)10-15-36-13-1-2-14-36/h6-7,11-12,18-21,34-35H,1-5,8-10,13-17H2,(H2,31,32,33)/q+1. The molecule has 2 aromatic rings. The van der Waals surface area contributed by atoms with E-state index in [4.69, 9.17) is 22.3 Å². The molecule has 0 spiro atoms. The Labute approximate surface area is 223 Å². The maximum Gasteiger partial charge on any atom is 0.257 e. The van der Waals surface area contributed by atoms with Crippen LogP contribution in [0.1, 0.15) is 74.3 Å². The van der Waals surface area contributed by atoms with Gasteiger partial charge in [0.05, 0.1) is 30.1 Å². The molecule has 0 atom stereocenters. The Balaban J connectivity index is 1.38. The summed E-state index contributed by atoms with van der Waals surface area (Å²) in [5.74, 6) is 1.61.